The highest BCUT2D eigenvalue weighted by Crippen LogP contribution is 2.28. The van der Waals surface area contributed by atoms with E-state index in [0.717, 1.165) is 29.1 Å². The lowest BCUT2D eigenvalue weighted by Gasteiger charge is -2.07. The van der Waals surface area contributed by atoms with Gasteiger partial charge in [0.2, 0.25) is 5.88 Å². The lowest BCUT2D eigenvalue weighted by molar-refractivity contribution is 0.456. The van der Waals surface area contributed by atoms with E-state index in [1.165, 1.54) is 0 Å². The third kappa shape index (κ3) is 2.26. The van der Waals surface area contributed by atoms with Crippen LogP contribution in [0.25, 0.3) is 5.65 Å². The van der Waals surface area contributed by atoms with Gasteiger partial charge in [0.25, 0.3) is 0 Å². The van der Waals surface area contributed by atoms with Crippen LogP contribution in [0.5, 0.6) is 11.6 Å². The third-order valence-electron chi connectivity index (χ3n) is 3.27. The van der Waals surface area contributed by atoms with Gasteiger partial charge in [0.15, 0.2) is 0 Å². The van der Waals surface area contributed by atoms with Crippen LogP contribution in [0.3, 0.4) is 0 Å². The van der Waals surface area contributed by atoms with E-state index >= 15 is 0 Å². The summed E-state index contributed by atoms with van der Waals surface area (Å²) in [5.74, 6) is 1.46. The van der Waals surface area contributed by atoms with Crippen LogP contribution < -0.4 is 10.5 Å². The molecule has 0 bridgehead atoms. The summed E-state index contributed by atoms with van der Waals surface area (Å²) < 4.78 is 8.02. The van der Waals surface area contributed by atoms with Gasteiger partial charge in [-0.3, -0.25) is 0 Å². The fraction of sp³-hybridized carbons (Fsp3) is 0.188. The van der Waals surface area contributed by atoms with Gasteiger partial charge in [-0.05, 0) is 37.2 Å². The van der Waals surface area contributed by atoms with Crippen molar-refractivity contribution >= 4 is 5.65 Å². The number of fused-ring (bicyclic) bond motifs is 1. The second-order valence-corrected chi connectivity index (χ2v) is 4.70. The molecule has 0 aliphatic rings. The molecular weight excluding hydrogens is 250 g/mol. The Bertz CT molecular complexity index is 733. The van der Waals surface area contributed by atoms with E-state index in [2.05, 4.69) is 4.98 Å². The monoisotopic (exact) mass is 267 g/mol. The Kier molecular flexibility index (Phi) is 3.39. The summed E-state index contributed by atoms with van der Waals surface area (Å²) in [6.45, 7) is 2.58. The number of aryl methyl sites for hydroxylation is 1. The highest BCUT2D eigenvalue weighted by molar-refractivity contribution is 5.47. The first kappa shape index (κ1) is 12.7. The van der Waals surface area contributed by atoms with E-state index in [-0.39, 0.29) is 0 Å². The topological polar surface area (TPSA) is 52.5 Å². The van der Waals surface area contributed by atoms with Gasteiger partial charge >= 0.3 is 0 Å². The molecule has 102 valence electrons. The van der Waals surface area contributed by atoms with Crippen LogP contribution in [0.1, 0.15) is 11.3 Å². The minimum atomic E-state index is 0.562. The maximum Gasteiger partial charge on any atom is 0.241 e. The van der Waals surface area contributed by atoms with Gasteiger partial charge in [-0.25, -0.2) is 0 Å². The zero-order valence-corrected chi connectivity index (χ0v) is 11.4. The van der Waals surface area contributed by atoms with Crippen LogP contribution in [0.2, 0.25) is 0 Å². The second kappa shape index (κ2) is 5.35. The molecule has 0 amide bonds. The standard InChI is InChI=1S/C16H17N3O/c1-12-6-2-3-7-14(12)20-16-13(9-10-17)19-11-5-4-8-15(19)18-16/h2-8,11H,9-10,17H2,1H3. The summed E-state index contributed by atoms with van der Waals surface area (Å²) in [5.41, 5.74) is 8.67. The Hall–Kier alpha value is -2.33. The second-order valence-electron chi connectivity index (χ2n) is 4.70. The summed E-state index contributed by atoms with van der Waals surface area (Å²) in [6.07, 6.45) is 2.71. The smallest absolute Gasteiger partial charge is 0.241 e. The molecule has 4 heteroatoms. The molecule has 2 heterocycles. The number of nitrogens with zero attached hydrogens (tertiary/aromatic N) is 2. The fourth-order valence-electron chi connectivity index (χ4n) is 2.25. The number of ether oxygens (including phenoxy) is 1. The molecule has 0 aliphatic carbocycles. The van der Waals surface area contributed by atoms with Gasteiger partial charge in [-0.2, -0.15) is 4.98 Å². The summed E-state index contributed by atoms with van der Waals surface area (Å²) in [4.78, 5) is 4.55. The average molecular weight is 267 g/mol. The first-order chi connectivity index (χ1) is 9.79. The fourth-order valence-corrected chi connectivity index (χ4v) is 2.25. The number of para-hydroxylation sites is 1. The molecule has 2 N–H and O–H groups in total. The number of imidazole rings is 1. The lowest BCUT2D eigenvalue weighted by Crippen LogP contribution is -2.06. The molecule has 0 saturated heterocycles. The number of rotatable bonds is 4. The van der Waals surface area contributed by atoms with E-state index in [4.69, 9.17) is 10.5 Å². The number of pyridine rings is 1. The highest BCUT2D eigenvalue weighted by Gasteiger charge is 2.13. The highest BCUT2D eigenvalue weighted by atomic mass is 16.5. The van der Waals surface area contributed by atoms with E-state index < -0.39 is 0 Å². The maximum absolute atomic E-state index is 5.99. The molecule has 4 nitrogen and oxygen atoms in total. The number of hydrogen-bond acceptors (Lipinski definition) is 3. The molecule has 0 spiro atoms. The van der Waals surface area contributed by atoms with E-state index in [9.17, 15) is 0 Å². The van der Waals surface area contributed by atoms with Crippen molar-refractivity contribution in [2.75, 3.05) is 6.54 Å². The van der Waals surface area contributed by atoms with Crippen LogP contribution in [0, 0.1) is 6.92 Å². The third-order valence-corrected chi connectivity index (χ3v) is 3.27. The zero-order chi connectivity index (χ0) is 13.9. The van der Waals surface area contributed by atoms with Gasteiger partial charge in [0, 0.05) is 12.6 Å². The molecule has 0 aliphatic heterocycles. The maximum atomic E-state index is 5.99. The molecule has 0 unspecified atom stereocenters. The predicted molar refractivity (Wildman–Crippen MR) is 79.2 cm³/mol. The van der Waals surface area contributed by atoms with Crippen molar-refractivity contribution in [2.45, 2.75) is 13.3 Å². The molecule has 1 aromatic carbocycles. The van der Waals surface area contributed by atoms with Crippen LogP contribution in [0.15, 0.2) is 48.7 Å². The van der Waals surface area contributed by atoms with Crippen LogP contribution in [0.4, 0.5) is 0 Å². The largest absolute Gasteiger partial charge is 0.437 e. The van der Waals surface area contributed by atoms with Crippen molar-refractivity contribution in [3.63, 3.8) is 0 Å². The molecule has 0 fully saturated rings. The van der Waals surface area contributed by atoms with Crippen LogP contribution in [-0.4, -0.2) is 15.9 Å². The molecule has 3 rings (SSSR count). The molecule has 0 atom stereocenters. The number of benzene rings is 1. The van der Waals surface area contributed by atoms with Gasteiger partial charge in [0.1, 0.15) is 11.4 Å². The van der Waals surface area contributed by atoms with Gasteiger partial charge < -0.3 is 14.9 Å². The quantitative estimate of drug-likeness (QED) is 0.790. The number of hydrogen-bond donors (Lipinski definition) is 1. The summed E-state index contributed by atoms with van der Waals surface area (Å²) in [7, 11) is 0. The Morgan fingerprint density at radius 3 is 2.75 bits per heavy atom. The zero-order valence-electron chi connectivity index (χ0n) is 11.4. The van der Waals surface area contributed by atoms with Crippen molar-refractivity contribution in [3.8, 4) is 11.6 Å². The predicted octanol–water partition coefficient (Wildman–Crippen LogP) is 2.94. The molecular formula is C16H17N3O. The van der Waals surface area contributed by atoms with E-state index in [1.54, 1.807) is 0 Å². The summed E-state index contributed by atoms with van der Waals surface area (Å²) in [6, 6.07) is 13.8. The van der Waals surface area contributed by atoms with E-state index in [0.29, 0.717) is 12.4 Å². The molecule has 0 saturated carbocycles. The first-order valence-electron chi connectivity index (χ1n) is 6.69. The van der Waals surface area contributed by atoms with Gasteiger partial charge in [0.05, 0.1) is 5.69 Å². The Balaban J connectivity index is 2.06. The minimum absolute atomic E-state index is 0.562. The van der Waals surface area contributed by atoms with Gasteiger partial charge in [-0.15, -0.1) is 0 Å². The van der Waals surface area contributed by atoms with Gasteiger partial charge in [-0.1, -0.05) is 24.3 Å². The van der Waals surface area contributed by atoms with Crippen molar-refractivity contribution in [2.24, 2.45) is 5.73 Å². The number of nitrogens with two attached hydrogens (primary N) is 1. The van der Waals surface area contributed by atoms with Crippen molar-refractivity contribution in [1.29, 1.82) is 0 Å². The molecule has 2 aromatic heterocycles. The first-order valence-corrected chi connectivity index (χ1v) is 6.69. The SMILES string of the molecule is Cc1ccccc1Oc1nc2ccccn2c1CCN. The van der Waals surface area contributed by atoms with E-state index in [1.807, 2.05) is 60.0 Å². The Morgan fingerprint density at radius 1 is 1.15 bits per heavy atom. The molecule has 3 aromatic rings. The molecule has 20 heavy (non-hydrogen) atoms. The van der Waals surface area contributed by atoms with Crippen LogP contribution >= 0.6 is 0 Å². The van der Waals surface area contributed by atoms with Crippen molar-refractivity contribution < 1.29 is 4.74 Å². The Morgan fingerprint density at radius 2 is 1.95 bits per heavy atom. The number of aromatic nitrogens is 2. The normalized spacial score (nSPS) is 10.9. The van der Waals surface area contributed by atoms with Crippen molar-refractivity contribution in [1.82, 2.24) is 9.38 Å². The van der Waals surface area contributed by atoms with Crippen molar-refractivity contribution in [3.05, 3.63) is 59.9 Å². The lowest BCUT2D eigenvalue weighted by atomic mass is 10.2. The minimum Gasteiger partial charge on any atom is -0.437 e. The Labute approximate surface area is 117 Å². The summed E-state index contributed by atoms with van der Waals surface area (Å²) >= 11 is 0. The molecule has 0 radical (unpaired) electrons. The van der Waals surface area contributed by atoms with Crippen LogP contribution in [-0.2, 0) is 6.42 Å². The average Bonchev–Trinajstić information content (AvgIpc) is 2.80. The summed E-state index contributed by atoms with van der Waals surface area (Å²) in [5, 5.41) is 0.